The molecule has 4 heteroatoms. The zero-order valence-electron chi connectivity index (χ0n) is 11.2. The van der Waals surface area contributed by atoms with Crippen LogP contribution in [0.15, 0.2) is 70.6 Å². The summed E-state index contributed by atoms with van der Waals surface area (Å²) in [6, 6.07) is 17.2. The van der Waals surface area contributed by atoms with Gasteiger partial charge in [0, 0.05) is 16.7 Å². The van der Waals surface area contributed by atoms with E-state index in [4.69, 9.17) is 0 Å². The zero-order valence-corrected chi connectivity index (χ0v) is 12.0. The van der Waals surface area contributed by atoms with E-state index in [-0.39, 0.29) is 5.78 Å². The van der Waals surface area contributed by atoms with Crippen LogP contribution in [0.4, 0.5) is 0 Å². The maximum Gasteiger partial charge on any atom is 0.214 e. The molecule has 1 amide bonds. The minimum Gasteiger partial charge on any atom is -0.316 e. The van der Waals surface area contributed by atoms with Gasteiger partial charge in [-0.3, -0.25) is 9.59 Å². The van der Waals surface area contributed by atoms with Gasteiger partial charge >= 0.3 is 0 Å². The molecule has 0 aromatic heterocycles. The van der Waals surface area contributed by atoms with Crippen molar-refractivity contribution in [2.24, 2.45) is 0 Å². The van der Waals surface area contributed by atoms with Crippen LogP contribution in [0.3, 0.4) is 0 Å². The highest BCUT2D eigenvalue weighted by atomic mass is 32.2. The van der Waals surface area contributed by atoms with Gasteiger partial charge in [-0.2, -0.15) is 0 Å². The van der Waals surface area contributed by atoms with Crippen LogP contribution >= 0.6 is 11.8 Å². The van der Waals surface area contributed by atoms with E-state index < -0.39 is 0 Å². The number of benzene rings is 2. The molecule has 0 aliphatic carbocycles. The molecule has 0 radical (unpaired) electrons. The fraction of sp³-hybridized carbons (Fsp3) is 0.0588. The SMILES string of the molecule is O=CN(/C=C1/Sc2ccccc2C1=O)Cc1ccccc1. The summed E-state index contributed by atoms with van der Waals surface area (Å²) >= 11 is 1.41. The monoisotopic (exact) mass is 295 g/mol. The summed E-state index contributed by atoms with van der Waals surface area (Å²) in [5.41, 5.74) is 1.73. The van der Waals surface area contributed by atoms with Crippen molar-refractivity contribution in [2.75, 3.05) is 0 Å². The highest BCUT2D eigenvalue weighted by Gasteiger charge is 2.25. The lowest BCUT2D eigenvalue weighted by molar-refractivity contribution is -0.116. The van der Waals surface area contributed by atoms with E-state index in [9.17, 15) is 9.59 Å². The largest absolute Gasteiger partial charge is 0.316 e. The molecule has 2 aromatic carbocycles. The van der Waals surface area contributed by atoms with Crippen molar-refractivity contribution >= 4 is 24.0 Å². The number of fused-ring (bicyclic) bond motifs is 1. The summed E-state index contributed by atoms with van der Waals surface area (Å²) in [6.07, 6.45) is 2.38. The third kappa shape index (κ3) is 2.90. The summed E-state index contributed by atoms with van der Waals surface area (Å²) in [7, 11) is 0. The summed E-state index contributed by atoms with van der Waals surface area (Å²) in [5.74, 6) is -0.0180. The Morgan fingerprint density at radius 1 is 1.00 bits per heavy atom. The number of hydrogen-bond donors (Lipinski definition) is 0. The predicted molar refractivity (Wildman–Crippen MR) is 82.8 cm³/mol. The molecule has 3 rings (SSSR count). The van der Waals surface area contributed by atoms with E-state index in [0.29, 0.717) is 17.0 Å². The van der Waals surface area contributed by atoms with Crippen molar-refractivity contribution in [2.45, 2.75) is 11.4 Å². The Balaban J connectivity index is 1.81. The van der Waals surface area contributed by atoms with Crippen molar-refractivity contribution in [3.05, 3.63) is 76.8 Å². The first-order valence-electron chi connectivity index (χ1n) is 6.56. The number of hydrogen-bond acceptors (Lipinski definition) is 3. The van der Waals surface area contributed by atoms with E-state index in [0.717, 1.165) is 16.9 Å². The third-order valence-electron chi connectivity index (χ3n) is 3.20. The lowest BCUT2D eigenvalue weighted by Crippen LogP contribution is -2.15. The van der Waals surface area contributed by atoms with Gasteiger partial charge in [0.15, 0.2) is 0 Å². The van der Waals surface area contributed by atoms with Crippen LogP contribution in [-0.4, -0.2) is 17.1 Å². The van der Waals surface area contributed by atoms with Crippen LogP contribution in [0, 0.1) is 0 Å². The molecule has 0 spiro atoms. The van der Waals surface area contributed by atoms with Gasteiger partial charge < -0.3 is 4.90 Å². The van der Waals surface area contributed by atoms with E-state index in [1.807, 2.05) is 54.6 Å². The van der Waals surface area contributed by atoms with Crippen LogP contribution in [0.5, 0.6) is 0 Å². The fourth-order valence-corrected chi connectivity index (χ4v) is 3.23. The van der Waals surface area contributed by atoms with Crippen LogP contribution in [0.2, 0.25) is 0 Å². The summed E-state index contributed by atoms with van der Waals surface area (Å²) in [5, 5.41) is 0. The van der Waals surface area contributed by atoms with E-state index in [2.05, 4.69) is 0 Å². The fourth-order valence-electron chi connectivity index (χ4n) is 2.18. The summed E-state index contributed by atoms with van der Waals surface area (Å²) in [4.78, 5) is 26.5. The van der Waals surface area contributed by atoms with Gasteiger partial charge in [-0.15, -0.1) is 0 Å². The molecule has 0 N–H and O–H groups in total. The lowest BCUT2D eigenvalue weighted by Gasteiger charge is -2.13. The quantitative estimate of drug-likeness (QED) is 0.640. The molecule has 1 heterocycles. The van der Waals surface area contributed by atoms with Gasteiger partial charge in [-0.05, 0) is 17.7 Å². The Labute approximate surface area is 127 Å². The molecule has 0 atom stereocenters. The highest BCUT2D eigenvalue weighted by molar-refractivity contribution is 8.04. The average molecular weight is 295 g/mol. The Kier molecular flexibility index (Phi) is 3.88. The number of allylic oxidation sites excluding steroid dienone is 1. The van der Waals surface area contributed by atoms with Gasteiger partial charge in [-0.1, -0.05) is 54.2 Å². The zero-order chi connectivity index (χ0) is 14.7. The standard InChI is InChI=1S/C17H13NO2S/c19-12-18(10-13-6-2-1-3-7-13)11-16-17(20)14-8-4-5-9-15(14)21-16/h1-9,11-12H,10H2/b16-11+. The number of thioether (sulfide) groups is 1. The molecule has 1 aliphatic rings. The normalized spacial score (nSPS) is 15.0. The minimum atomic E-state index is -0.0180. The van der Waals surface area contributed by atoms with Crippen LogP contribution < -0.4 is 0 Å². The molecule has 0 bridgehead atoms. The molecule has 0 saturated carbocycles. The lowest BCUT2D eigenvalue weighted by atomic mass is 10.1. The molecule has 3 nitrogen and oxygen atoms in total. The molecular formula is C17H13NO2S. The second-order valence-electron chi connectivity index (χ2n) is 4.68. The molecule has 1 aliphatic heterocycles. The van der Waals surface area contributed by atoms with Gasteiger partial charge in [0.25, 0.3) is 0 Å². The maximum absolute atomic E-state index is 12.3. The van der Waals surface area contributed by atoms with E-state index in [1.54, 1.807) is 6.20 Å². The number of carbonyl (C=O) groups excluding carboxylic acids is 2. The third-order valence-corrected chi connectivity index (χ3v) is 4.29. The first-order chi connectivity index (χ1) is 10.3. The van der Waals surface area contributed by atoms with Crippen molar-refractivity contribution in [3.63, 3.8) is 0 Å². The summed E-state index contributed by atoms with van der Waals surface area (Å²) in [6.45, 7) is 0.456. The van der Waals surface area contributed by atoms with Gasteiger partial charge in [0.05, 0.1) is 11.4 Å². The first-order valence-corrected chi connectivity index (χ1v) is 7.38. The van der Waals surface area contributed by atoms with Crippen molar-refractivity contribution in [1.29, 1.82) is 0 Å². The number of ketones is 1. The number of carbonyl (C=O) groups is 2. The molecule has 2 aromatic rings. The molecule has 0 saturated heterocycles. The number of amides is 1. The predicted octanol–water partition coefficient (Wildman–Crippen LogP) is 3.48. The molecule has 0 unspecified atom stereocenters. The first kappa shape index (κ1) is 13.6. The van der Waals surface area contributed by atoms with Gasteiger partial charge in [0.2, 0.25) is 12.2 Å². The minimum absolute atomic E-state index is 0.0180. The molecule has 21 heavy (non-hydrogen) atoms. The van der Waals surface area contributed by atoms with Crippen molar-refractivity contribution < 1.29 is 9.59 Å². The van der Waals surface area contributed by atoms with Crippen LogP contribution in [-0.2, 0) is 11.3 Å². The molecule has 0 fully saturated rings. The Hall–Kier alpha value is -2.33. The smallest absolute Gasteiger partial charge is 0.214 e. The van der Waals surface area contributed by atoms with Crippen molar-refractivity contribution in [3.8, 4) is 0 Å². The second-order valence-corrected chi connectivity index (χ2v) is 5.77. The van der Waals surface area contributed by atoms with E-state index >= 15 is 0 Å². The number of rotatable bonds is 4. The van der Waals surface area contributed by atoms with Crippen LogP contribution in [0.1, 0.15) is 15.9 Å². The Morgan fingerprint density at radius 3 is 2.43 bits per heavy atom. The van der Waals surface area contributed by atoms with E-state index in [1.165, 1.54) is 16.7 Å². The molecular weight excluding hydrogens is 282 g/mol. The van der Waals surface area contributed by atoms with Crippen LogP contribution in [0.25, 0.3) is 0 Å². The number of nitrogens with zero attached hydrogens (tertiary/aromatic N) is 1. The number of Topliss-reactive ketones (excluding diaryl/α,β-unsaturated/α-hetero) is 1. The molecule has 104 valence electrons. The highest BCUT2D eigenvalue weighted by Crippen LogP contribution is 2.39. The average Bonchev–Trinajstić information content (AvgIpc) is 2.84. The topological polar surface area (TPSA) is 37.4 Å². The maximum atomic E-state index is 12.3. The Morgan fingerprint density at radius 2 is 1.71 bits per heavy atom. The van der Waals surface area contributed by atoms with Gasteiger partial charge in [-0.25, -0.2) is 0 Å². The van der Waals surface area contributed by atoms with Gasteiger partial charge in [0.1, 0.15) is 0 Å². The van der Waals surface area contributed by atoms with Crippen molar-refractivity contribution in [1.82, 2.24) is 4.90 Å². The Bertz CT molecular complexity index is 710. The summed E-state index contributed by atoms with van der Waals surface area (Å²) < 4.78 is 0. The second kappa shape index (κ2) is 5.97.